The summed E-state index contributed by atoms with van der Waals surface area (Å²) in [5.41, 5.74) is 1.81. The number of carboxylic acid groups (broad SMARTS) is 1. The molecule has 0 amide bonds. The van der Waals surface area contributed by atoms with Crippen molar-refractivity contribution in [2.24, 2.45) is 0 Å². The zero-order chi connectivity index (χ0) is 24.5. The summed E-state index contributed by atoms with van der Waals surface area (Å²) >= 11 is 0. The maximum absolute atomic E-state index is 13.4. The largest absolute Gasteiger partial charge is 0.543 e. The van der Waals surface area contributed by atoms with Crippen molar-refractivity contribution < 1.29 is 32.2 Å². The summed E-state index contributed by atoms with van der Waals surface area (Å²) in [5, 5.41) is 11.3. The highest BCUT2D eigenvalue weighted by Gasteiger charge is 2.33. The molecular formula is C26H20F4NO3-. The first kappa shape index (κ1) is 23.5. The number of allylic oxidation sites excluding steroid dienone is 2. The van der Waals surface area contributed by atoms with Gasteiger partial charge in [-0.1, -0.05) is 23.8 Å². The van der Waals surface area contributed by atoms with Crippen LogP contribution in [0.4, 0.5) is 17.6 Å². The number of pyridine rings is 1. The van der Waals surface area contributed by atoms with E-state index < -0.39 is 23.4 Å². The molecule has 0 saturated heterocycles. The van der Waals surface area contributed by atoms with E-state index in [1.807, 2.05) is 19.1 Å². The third-order valence-electron chi connectivity index (χ3n) is 5.66. The normalized spacial score (nSPS) is 13.9. The molecule has 0 saturated carbocycles. The van der Waals surface area contributed by atoms with Crippen molar-refractivity contribution >= 4 is 17.1 Å². The minimum atomic E-state index is -4.73. The second-order valence-corrected chi connectivity index (χ2v) is 8.14. The SMILES string of the molecule is Cc1ccc(OCc2ccc(F)cc2)c(C2=C(c3cc(C(F)(F)F)cc(C(=O)[O-])n3)CCC2)c1. The molecule has 176 valence electrons. The lowest BCUT2D eigenvalue weighted by Gasteiger charge is -2.17. The van der Waals surface area contributed by atoms with E-state index >= 15 is 0 Å². The topological polar surface area (TPSA) is 62.2 Å². The molecule has 0 unspecified atom stereocenters. The number of benzene rings is 2. The Kier molecular flexibility index (Phi) is 6.41. The Morgan fingerprint density at radius 3 is 2.41 bits per heavy atom. The third-order valence-corrected chi connectivity index (χ3v) is 5.66. The number of hydrogen-bond acceptors (Lipinski definition) is 4. The lowest BCUT2D eigenvalue weighted by Crippen LogP contribution is -2.25. The number of aryl methyl sites for hydroxylation is 1. The fraction of sp³-hybridized carbons (Fsp3) is 0.231. The molecule has 1 aromatic heterocycles. The number of alkyl halides is 3. The molecule has 34 heavy (non-hydrogen) atoms. The van der Waals surface area contributed by atoms with Gasteiger partial charge in [0.15, 0.2) is 0 Å². The van der Waals surface area contributed by atoms with Gasteiger partial charge in [-0.25, -0.2) is 9.37 Å². The summed E-state index contributed by atoms with van der Waals surface area (Å²) in [5.74, 6) is -1.60. The number of halogens is 4. The molecule has 1 heterocycles. The third kappa shape index (κ3) is 5.11. The summed E-state index contributed by atoms with van der Waals surface area (Å²) in [7, 11) is 0. The summed E-state index contributed by atoms with van der Waals surface area (Å²) in [6, 6.07) is 12.8. The van der Waals surface area contributed by atoms with E-state index in [4.69, 9.17) is 4.74 Å². The van der Waals surface area contributed by atoms with Crippen LogP contribution in [0.25, 0.3) is 11.1 Å². The molecule has 0 aliphatic heterocycles. The van der Waals surface area contributed by atoms with Gasteiger partial charge < -0.3 is 14.6 Å². The Bertz CT molecular complexity index is 1260. The Hall–Kier alpha value is -3.68. The van der Waals surface area contributed by atoms with Crippen LogP contribution in [0.2, 0.25) is 0 Å². The molecule has 0 atom stereocenters. The Morgan fingerprint density at radius 1 is 1.03 bits per heavy atom. The number of carboxylic acids is 1. The number of rotatable bonds is 6. The second kappa shape index (κ2) is 9.29. The molecule has 0 fully saturated rings. The highest BCUT2D eigenvalue weighted by Crippen LogP contribution is 2.43. The predicted octanol–water partition coefficient (Wildman–Crippen LogP) is 5.59. The van der Waals surface area contributed by atoms with Crippen LogP contribution in [0.3, 0.4) is 0 Å². The summed E-state index contributed by atoms with van der Waals surface area (Å²) < 4.78 is 59.4. The molecule has 0 bridgehead atoms. The van der Waals surface area contributed by atoms with Crippen molar-refractivity contribution in [2.75, 3.05) is 0 Å². The average molecular weight is 470 g/mol. The maximum Gasteiger partial charge on any atom is 0.416 e. The molecule has 0 N–H and O–H groups in total. The highest BCUT2D eigenvalue weighted by atomic mass is 19.4. The zero-order valence-corrected chi connectivity index (χ0v) is 18.2. The van der Waals surface area contributed by atoms with Crippen molar-refractivity contribution in [3.8, 4) is 5.75 Å². The Labute approximate surface area is 193 Å². The van der Waals surface area contributed by atoms with Crippen LogP contribution in [-0.2, 0) is 12.8 Å². The average Bonchev–Trinajstić information content (AvgIpc) is 3.28. The monoisotopic (exact) mass is 470 g/mol. The zero-order valence-electron chi connectivity index (χ0n) is 18.2. The van der Waals surface area contributed by atoms with E-state index in [-0.39, 0.29) is 18.1 Å². The molecule has 0 radical (unpaired) electrons. The van der Waals surface area contributed by atoms with Crippen LogP contribution in [0.1, 0.15) is 57.7 Å². The van der Waals surface area contributed by atoms with E-state index in [0.29, 0.717) is 42.2 Å². The molecule has 1 aliphatic carbocycles. The van der Waals surface area contributed by atoms with Gasteiger partial charge in [0.2, 0.25) is 0 Å². The number of carbonyl (C=O) groups excluding carboxylic acids is 1. The summed E-state index contributed by atoms with van der Waals surface area (Å²) in [6.45, 7) is 2.06. The van der Waals surface area contributed by atoms with Gasteiger partial charge in [-0.15, -0.1) is 0 Å². The fourth-order valence-electron chi connectivity index (χ4n) is 4.02. The first-order valence-electron chi connectivity index (χ1n) is 10.6. The van der Waals surface area contributed by atoms with E-state index in [9.17, 15) is 27.5 Å². The molecule has 0 spiro atoms. The number of aromatic carboxylic acids is 1. The standard InChI is InChI=1S/C26H21F4NO3/c1-15-5-10-24(34-14-16-6-8-18(27)9-7-16)21(11-15)19-3-2-4-20(19)22-12-17(26(28,29)30)13-23(31-22)25(32)33/h5-13H,2-4,14H2,1H3,(H,32,33)/p-1. The number of aromatic nitrogens is 1. The van der Waals surface area contributed by atoms with Crippen molar-refractivity contribution in [1.82, 2.24) is 4.98 Å². The van der Waals surface area contributed by atoms with Gasteiger partial charge in [0.1, 0.15) is 18.2 Å². The molecule has 4 nitrogen and oxygen atoms in total. The first-order valence-corrected chi connectivity index (χ1v) is 10.6. The quantitative estimate of drug-likeness (QED) is 0.441. The smallest absolute Gasteiger partial charge is 0.416 e. The van der Waals surface area contributed by atoms with Crippen molar-refractivity contribution in [3.63, 3.8) is 0 Å². The first-order chi connectivity index (χ1) is 16.1. The molecule has 1 aliphatic rings. The lowest BCUT2D eigenvalue weighted by atomic mass is 9.96. The van der Waals surface area contributed by atoms with Gasteiger partial charge in [-0.2, -0.15) is 13.2 Å². The summed E-state index contributed by atoms with van der Waals surface area (Å²) in [6.07, 6.45) is -3.03. The second-order valence-electron chi connectivity index (χ2n) is 8.14. The van der Waals surface area contributed by atoms with Gasteiger partial charge in [-0.3, -0.25) is 0 Å². The van der Waals surface area contributed by atoms with Crippen molar-refractivity contribution in [2.45, 2.75) is 39.0 Å². The molecule has 2 aromatic carbocycles. The van der Waals surface area contributed by atoms with Gasteiger partial charge in [0.05, 0.1) is 22.9 Å². The minimum absolute atomic E-state index is 0.0347. The van der Waals surface area contributed by atoms with Gasteiger partial charge in [0, 0.05) is 5.56 Å². The van der Waals surface area contributed by atoms with E-state index in [0.717, 1.165) is 22.8 Å². The summed E-state index contributed by atoms with van der Waals surface area (Å²) in [4.78, 5) is 15.3. The van der Waals surface area contributed by atoms with Crippen LogP contribution in [0, 0.1) is 12.7 Å². The maximum atomic E-state index is 13.4. The van der Waals surface area contributed by atoms with Gasteiger partial charge in [-0.05, 0) is 79.3 Å². The number of nitrogens with zero attached hydrogens (tertiary/aromatic N) is 1. The highest BCUT2D eigenvalue weighted by molar-refractivity contribution is 5.94. The van der Waals surface area contributed by atoms with Crippen molar-refractivity contribution in [1.29, 1.82) is 0 Å². The van der Waals surface area contributed by atoms with E-state index in [2.05, 4.69) is 4.98 Å². The van der Waals surface area contributed by atoms with Crippen LogP contribution in [0.5, 0.6) is 5.75 Å². The van der Waals surface area contributed by atoms with E-state index in [1.165, 1.54) is 12.1 Å². The fourth-order valence-corrected chi connectivity index (χ4v) is 4.02. The lowest BCUT2D eigenvalue weighted by molar-refractivity contribution is -0.255. The number of ether oxygens (including phenoxy) is 1. The number of hydrogen-bond donors (Lipinski definition) is 0. The van der Waals surface area contributed by atoms with Crippen LogP contribution in [0.15, 0.2) is 54.6 Å². The predicted molar refractivity (Wildman–Crippen MR) is 116 cm³/mol. The van der Waals surface area contributed by atoms with Gasteiger partial charge in [0.25, 0.3) is 0 Å². The Balaban J connectivity index is 1.77. The molecule has 3 aromatic rings. The van der Waals surface area contributed by atoms with Crippen LogP contribution < -0.4 is 9.84 Å². The number of carbonyl (C=O) groups is 1. The van der Waals surface area contributed by atoms with E-state index in [1.54, 1.807) is 18.2 Å². The van der Waals surface area contributed by atoms with Crippen molar-refractivity contribution in [3.05, 3.63) is 94.1 Å². The molecule has 8 heteroatoms. The molecule has 4 rings (SSSR count). The Morgan fingerprint density at radius 2 is 1.74 bits per heavy atom. The van der Waals surface area contributed by atoms with Gasteiger partial charge >= 0.3 is 6.18 Å². The van der Waals surface area contributed by atoms with Crippen LogP contribution >= 0.6 is 0 Å². The molecular weight excluding hydrogens is 450 g/mol. The minimum Gasteiger partial charge on any atom is -0.543 e. The van der Waals surface area contributed by atoms with Crippen LogP contribution in [-0.4, -0.2) is 11.0 Å².